The van der Waals surface area contributed by atoms with Crippen molar-refractivity contribution in [2.45, 2.75) is 25.9 Å². The number of nitrogens with zero attached hydrogens (tertiary/aromatic N) is 3. The number of rotatable bonds is 7. The Kier molecular flexibility index (Phi) is 5.43. The molecule has 3 aromatic rings. The molecule has 1 aliphatic rings. The molecule has 26 heavy (non-hydrogen) atoms. The molecule has 1 aromatic heterocycles. The Hall–Kier alpha value is -2.43. The van der Waals surface area contributed by atoms with Gasteiger partial charge in [0, 0.05) is 32.0 Å². The predicted octanol–water partition coefficient (Wildman–Crippen LogP) is 3.41. The quantitative estimate of drug-likeness (QED) is 0.666. The van der Waals surface area contributed by atoms with Crippen molar-refractivity contribution in [3.8, 4) is 5.69 Å². The summed E-state index contributed by atoms with van der Waals surface area (Å²) in [6, 6.07) is 19.3. The van der Waals surface area contributed by atoms with Gasteiger partial charge in [-0.3, -0.25) is 4.90 Å². The van der Waals surface area contributed by atoms with Crippen molar-refractivity contribution in [1.82, 2.24) is 20.0 Å². The number of hydrogen-bond acceptors (Lipinski definition) is 3. The minimum absolute atomic E-state index is 0.874. The fraction of sp³-hybridized carbons (Fsp3) is 0.318. The van der Waals surface area contributed by atoms with Crippen molar-refractivity contribution in [3.05, 3.63) is 83.7 Å². The first-order valence-electron chi connectivity index (χ1n) is 9.48. The van der Waals surface area contributed by atoms with E-state index in [9.17, 15) is 0 Å². The van der Waals surface area contributed by atoms with E-state index in [0.29, 0.717) is 0 Å². The zero-order chi connectivity index (χ0) is 17.6. The van der Waals surface area contributed by atoms with E-state index < -0.39 is 0 Å². The van der Waals surface area contributed by atoms with Crippen LogP contribution >= 0.6 is 0 Å². The molecule has 0 bridgehead atoms. The lowest BCUT2D eigenvalue weighted by atomic mass is 10.00. The summed E-state index contributed by atoms with van der Waals surface area (Å²) < 4.78 is 1.93. The summed E-state index contributed by atoms with van der Waals surface area (Å²) >= 11 is 0. The number of benzene rings is 2. The molecule has 0 radical (unpaired) electrons. The van der Waals surface area contributed by atoms with E-state index in [2.05, 4.69) is 63.8 Å². The van der Waals surface area contributed by atoms with Crippen molar-refractivity contribution in [1.29, 1.82) is 0 Å². The van der Waals surface area contributed by atoms with Crippen molar-refractivity contribution >= 4 is 0 Å². The first-order valence-corrected chi connectivity index (χ1v) is 9.48. The highest BCUT2D eigenvalue weighted by Crippen LogP contribution is 2.18. The van der Waals surface area contributed by atoms with Gasteiger partial charge in [-0.15, -0.1) is 0 Å². The third-order valence-electron chi connectivity index (χ3n) is 5.10. The Morgan fingerprint density at radius 1 is 0.962 bits per heavy atom. The van der Waals surface area contributed by atoms with Crippen LogP contribution < -0.4 is 5.32 Å². The molecule has 0 saturated carbocycles. The Labute approximate surface area is 155 Å². The van der Waals surface area contributed by atoms with Gasteiger partial charge in [-0.05, 0) is 54.8 Å². The number of para-hydroxylation sites is 1. The van der Waals surface area contributed by atoms with Gasteiger partial charge in [0.25, 0.3) is 0 Å². The van der Waals surface area contributed by atoms with Gasteiger partial charge in [-0.1, -0.05) is 42.5 Å². The highest BCUT2D eigenvalue weighted by molar-refractivity contribution is 5.40. The first kappa shape index (κ1) is 17.0. The number of hydrogen-bond donors (Lipinski definition) is 1. The molecule has 0 spiro atoms. The molecule has 4 nitrogen and oxygen atoms in total. The van der Waals surface area contributed by atoms with Crippen LogP contribution in [0.3, 0.4) is 0 Å². The average Bonchev–Trinajstić information content (AvgIpc) is 3.22. The first-order chi connectivity index (χ1) is 12.9. The normalized spacial score (nSPS) is 14.3. The molecule has 0 amide bonds. The molecule has 4 rings (SSSR count). The zero-order valence-corrected chi connectivity index (χ0v) is 15.1. The van der Waals surface area contributed by atoms with E-state index in [4.69, 9.17) is 0 Å². The van der Waals surface area contributed by atoms with Crippen molar-refractivity contribution in [3.63, 3.8) is 0 Å². The maximum Gasteiger partial charge on any atom is 0.0690 e. The minimum atomic E-state index is 0.874. The number of aromatic nitrogens is 2. The highest BCUT2D eigenvalue weighted by Gasteiger charge is 2.14. The maximum atomic E-state index is 4.35. The van der Waals surface area contributed by atoms with Gasteiger partial charge in [-0.2, -0.15) is 5.10 Å². The third-order valence-corrected chi connectivity index (χ3v) is 5.10. The summed E-state index contributed by atoms with van der Waals surface area (Å²) in [6.07, 6.45) is 6.17. The molecule has 1 aliphatic heterocycles. The molecule has 4 heteroatoms. The Bertz CT molecular complexity index is 826. The van der Waals surface area contributed by atoms with Crippen molar-refractivity contribution in [2.75, 3.05) is 19.6 Å². The van der Waals surface area contributed by atoms with Crippen LogP contribution in [0.2, 0.25) is 0 Å². The molecule has 0 unspecified atom stereocenters. The second kappa shape index (κ2) is 8.30. The van der Waals surface area contributed by atoms with Crippen LogP contribution in [0.5, 0.6) is 0 Å². The lowest BCUT2D eigenvalue weighted by Gasteiger charge is -2.28. The lowest BCUT2D eigenvalue weighted by molar-refractivity contribution is 0.250. The minimum Gasteiger partial charge on any atom is -0.313 e. The Morgan fingerprint density at radius 3 is 2.69 bits per heavy atom. The van der Waals surface area contributed by atoms with Crippen LogP contribution in [-0.2, 0) is 19.5 Å². The molecule has 134 valence electrons. The van der Waals surface area contributed by atoms with E-state index in [1.807, 2.05) is 23.1 Å². The summed E-state index contributed by atoms with van der Waals surface area (Å²) in [5, 5.41) is 7.95. The molecule has 1 N–H and O–H groups in total. The van der Waals surface area contributed by atoms with Crippen molar-refractivity contribution < 1.29 is 0 Å². The van der Waals surface area contributed by atoms with Crippen LogP contribution in [0.25, 0.3) is 5.69 Å². The largest absolute Gasteiger partial charge is 0.313 e. The molecular weight excluding hydrogens is 320 g/mol. The highest BCUT2D eigenvalue weighted by atomic mass is 15.3. The summed E-state index contributed by atoms with van der Waals surface area (Å²) in [5.41, 5.74) is 5.46. The number of nitrogens with one attached hydrogen (secondary N) is 1. The predicted molar refractivity (Wildman–Crippen MR) is 105 cm³/mol. The monoisotopic (exact) mass is 346 g/mol. The lowest BCUT2D eigenvalue weighted by Crippen LogP contribution is -2.32. The summed E-state index contributed by atoms with van der Waals surface area (Å²) in [5.74, 6) is 0. The molecule has 0 saturated heterocycles. The average molecular weight is 346 g/mol. The van der Waals surface area contributed by atoms with E-state index in [0.717, 1.165) is 31.9 Å². The SMILES string of the molecule is c1ccc2c(c1)CCN(CCCNCc1ccccc1-n1cccn1)C2. The molecular formula is C22H26N4. The fourth-order valence-electron chi connectivity index (χ4n) is 3.69. The Balaban J connectivity index is 1.23. The summed E-state index contributed by atoms with van der Waals surface area (Å²) in [7, 11) is 0. The van der Waals surface area contributed by atoms with Gasteiger partial charge in [0.05, 0.1) is 5.69 Å². The van der Waals surface area contributed by atoms with Gasteiger partial charge in [0.1, 0.15) is 0 Å². The molecule has 0 atom stereocenters. The molecule has 2 heterocycles. The van der Waals surface area contributed by atoms with Crippen LogP contribution in [-0.4, -0.2) is 34.3 Å². The maximum absolute atomic E-state index is 4.35. The smallest absolute Gasteiger partial charge is 0.0690 e. The fourth-order valence-corrected chi connectivity index (χ4v) is 3.69. The van der Waals surface area contributed by atoms with Crippen LogP contribution in [0.4, 0.5) is 0 Å². The van der Waals surface area contributed by atoms with Gasteiger partial charge < -0.3 is 5.32 Å². The molecule has 2 aromatic carbocycles. The summed E-state index contributed by atoms with van der Waals surface area (Å²) in [4.78, 5) is 2.57. The van der Waals surface area contributed by atoms with E-state index in [1.165, 1.54) is 36.1 Å². The van der Waals surface area contributed by atoms with E-state index >= 15 is 0 Å². The topological polar surface area (TPSA) is 33.1 Å². The molecule has 0 aliphatic carbocycles. The number of fused-ring (bicyclic) bond motifs is 1. The summed E-state index contributed by atoms with van der Waals surface area (Å²) in [6.45, 7) is 5.34. The third kappa shape index (κ3) is 4.03. The zero-order valence-electron chi connectivity index (χ0n) is 15.1. The standard InChI is InChI=1S/C22H26N4/c1-2-9-21-18-25(16-11-19(21)7-1)14-5-12-23-17-20-8-3-4-10-22(20)26-15-6-13-24-26/h1-4,6-10,13,15,23H,5,11-12,14,16-18H2. The van der Waals surface area contributed by atoms with Gasteiger partial charge in [0.2, 0.25) is 0 Å². The van der Waals surface area contributed by atoms with E-state index in [-0.39, 0.29) is 0 Å². The van der Waals surface area contributed by atoms with Crippen LogP contribution in [0, 0.1) is 0 Å². The van der Waals surface area contributed by atoms with Crippen molar-refractivity contribution in [2.24, 2.45) is 0 Å². The van der Waals surface area contributed by atoms with Crippen LogP contribution in [0.15, 0.2) is 67.0 Å². The molecule has 0 fully saturated rings. The van der Waals surface area contributed by atoms with Gasteiger partial charge >= 0.3 is 0 Å². The second-order valence-electron chi connectivity index (χ2n) is 6.90. The van der Waals surface area contributed by atoms with Gasteiger partial charge in [-0.25, -0.2) is 4.68 Å². The van der Waals surface area contributed by atoms with Crippen LogP contribution in [0.1, 0.15) is 23.1 Å². The second-order valence-corrected chi connectivity index (χ2v) is 6.90. The Morgan fingerprint density at radius 2 is 1.81 bits per heavy atom. The van der Waals surface area contributed by atoms with Gasteiger partial charge in [0.15, 0.2) is 0 Å². The van der Waals surface area contributed by atoms with E-state index in [1.54, 1.807) is 0 Å².